The predicted octanol–water partition coefficient (Wildman–Crippen LogP) is 3.30. The molecule has 0 amide bonds. The second-order valence-corrected chi connectivity index (χ2v) is 5.05. The maximum absolute atomic E-state index is 13.7. The van der Waals surface area contributed by atoms with Crippen LogP contribution in [0.3, 0.4) is 0 Å². The zero-order valence-electron chi connectivity index (χ0n) is 10.9. The first-order valence-corrected chi connectivity index (χ1v) is 6.80. The Balaban J connectivity index is 1.82. The van der Waals surface area contributed by atoms with E-state index in [0.29, 0.717) is 6.54 Å². The van der Waals surface area contributed by atoms with Crippen LogP contribution in [-0.4, -0.2) is 22.6 Å². The highest BCUT2D eigenvalue weighted by molar-refractivity contribution is 5.88. The quantitative estimate of drug-likeness (QED) is 0.775. The first-order valence-electron chi connectivity index (χ1n) is 6.80. The molecule has 0 radical (unpaired) electrons. The predicted molar refractivity (Wildman–Crippen MR) is 70.8 cm³/mol. The topological polar surface area (TPSA) is 62.2 Å². The van der Waals surface area contributed by atoms with Gasteiger partial charge in [0.25, 0.3) is 0 Å². The molecular weight excluding hydrogens is 247 g/mol. The van der Waals surface area contributed by atoms with Crippen LogP contribution in [0.15, 0.2) is 12.3 Å². The molecule has 1 aliphatic carbocycles. The third-order valence-corrected chi connectivity index (χ3v) is 3.68. The van der Waals surface area contributed by atoms with Crippen LogP contribution in [0.2, 0.25) is 0 Å². The Kier molecular flexibility index (Phi) is 4.71. The Morgan fingerprint density at radius 1 is 1.47 bits per heavy atom. The molecule has 1 fully saturated rings. The van der Waals surface area contributed by atoms with Crippen LogP contribution in [0.5, 0.6) is 0 Å². The number of carboxylic acid groups (broad SMARTS) is 1. The van der Waals surface area contributed by atoms with Crippen LogP contribution < -0.4 is 5.32 Å². The lowest BCUT2D eigenvalue weighted by Crippen LogP contribution is -2.10. The van der Waals surface area contributed by atoms with Crippen molar-refractivity contribution in [1.29, 1.82) is 0 Å². The molecule has 0 spiro atoms. The van der Waals surface area contributed by atoms with Crippen molar-refractivity contribution in [3.8, 4) is 0 Å². The molecule has 0 unspecified atom stereocenters. The fourth-order valence-corrected chi connectivity index (χ4v) is 2.63. The summed E-state index contributed by atoms with van der Waals surface area (Å²) in [5.74, 6) is -1.21. The molecule has 4 nitrogen and oxygen atoms in total. The van der Waals surface area contributed by atoms with Gasteiger partial charge in [-0.05, 0) is 24.8 Å². The SMILES string of the molecule is O=C(O)c1ccnc(NCCCC2CCCC2)c1F. The molecule has 2 N–H and O–H groups in total. The minimum Gasteiger partial charge on any atom is -0.478 e. The van der Waals surface area contributed by atoms with Gasteiger partial charge in [-0.2, -0.15) is 0 Å². The summed E-state index contributed by atoms with van der Waals surface area (Å²) in [5, 5.41) is 11.7. The van der Waals surface area contributed by atoms with Gasteiger partial charge in [0.15, 0.2) is 11.6 Å². The summed E-state index contributed by atoms with van der Waals surface area (Å²) in [5.41, 5.74) is -0.340. The molecule has 0 aromatic carbocycles. The van der Waals surface area contributed by atoms with Crippen LogP contribution in [-0.2, 0) is 0 Å². The Hall–Kier alpha value is -1.65. The van der Waals surface area contributed by atoms with Gasteiger partial charge in [-0.3, -0.25) is 0 Å². The highest BCUT2D eigenvalue weighted by Gasteiger charge is 2.16. The molecule has 19 heavy (non-hydrogen) atoms. The highest BCUT2D eigenvalue weighted by Crippen LogP contribution is 2.28. The number of anilines is 1. The number of halogens is 1. The molecule has 1 aromatic rings. The van der Waals surface area contributed by atoms with Gasteiger partial charge in [0.05, 0.1) is 0 Å². The van der Waals surface area contributed by atoms with Crippen molar-refractivity contribution >= 4 is 11.8 Å². The summed E-state index contributed by atoms with van der Waals surface area (Å²) in [6, 6.07) is 1.17. The van der Waals surface area contributed by atoms with Crippen LogP contribution in [0.4, 0.5) is 10.2 Å². The van der Waals surface area contributed by atoms with Crippen molar-refractivity contribution in [2.75, 3.05) is 11.9 Å². The van der Waals surface area contributed by atoms with E-state index in [1.807, 2.05) is 0 Å². The summed E-state index contributed by atoms with van der Waals surface area (Å²) >= 11 is 0. The van der Waals surface area contributed by atoms with E-state index in [1.165, 1.54) is 37.9 Å². The zero-order valence-corrected chi connectivity index (χ0v) is 10.9. The third-order valence-electron chi connectivity index (χ3n) is 3.68. The van der Waals surface area contributed by atoms with Crippen LogP contribution in [0.25, 0.3) is 0 Å². The standard InChI is InChI=1S/C14H19FN2O2/c15-12-11(14(18)19)7-9-17-13(12)16-8-3-6-10-4-1-2-5-10/h7,9-10H,1-6,8H2,(H,16,17)(H,18,19). The second-order valence-electron chi connectivity index (χ2n) is 5.05. The van der Waals surface area contributed by atoms with Gasteiger partial charge in [-0.15, -0.1) is 0 Å². The summed E-state index contributed by atoms with van der Waals surface area (Å²) in [7, 11) is 0. The van der Waals surface area contributed by atoms with Gasteiger partial charge in [0, 0.05) is 12.7 Å². The average molecular weight is 266 g/mol. The molecule has 1 heterocycles. The normalized spacial score (nSPS) is 15.6. The molecule has 1 saturated carbocycles. The van der Waals surface area contributed by atoms with Crippen molar-refractivity contribution < 1.29 is 14.3 Å². The first-order chi connectivity index (χ1) is 9.18. The van der Waals surface area contributed by atoms with Gasteiger partial charge < -0.3 is 10.4 Å². The molecule has 0 atom stereocenters. The number of nitrogens with zero attached hydrogens (tertiary/aromatic N) is 1. The molecule has 1 aliphatic rings. The molecule has 5 heteroatoms. The number of aromatic carboxylic acids is 1. The fourth-order valence-electron chi connectivity index (χ4n) is 2.63. The van der Waals surface area contributed by atoms with E-state index in [-0.39, 0.29) is 11.4 Å². The number of hydrogen-bond donors (Lipinski definition) is 2. The van der Waals surface area contributed by atoms with E-state index >= 15 is 0 Å². The number of carbonyl (C=O) groups is 1. The van der Waals surface area contributed by atoms with Crippen LogP contribution in [0.1, 0.15) is 48.9 Å². The molecule has 1 aromatic heterocycles. The summed E-state index contributed by atoms with van der Waals surface area (Å²) < 4.78 is 13.7. The Labute approximate surface area is 112 Å². The van der Waals surface area contributed by atoms with E-state index in [0.717, 1.165) is 18.8 Å². The van der Waals surface area contributed by atoms with Gasteiger partial charge >= 0.3 is 5.97 Å². The molecule has 0 bridgehead atoms. The molecule has 104 valence electrons. The van der Waals surface area contributed by atoms with Crippen molar-refractivity contribution in [2.24, 2.45) is 5.92 Å². The number of carboxylic acids is 1. The largest absolute Gasteiger partial charge is 0.478 e. The third kappa shape index (κ3) is 3.66. The summed E-state index contributed by atoms with van der Waals surface area (Å²) in [6.07, 6.45) is 8.69. The zero-order chi connectivity index (χ0) is 13.7. The van der Waals surface area contributed by atoms with E-state index in [9.17, 15) is 9.18 Å². The lowest BCUT2D eigenvalue weighted by atomic mass is 10.0. The summed E-state index contributed by atoms with van der Waals surface area (Å²) in [4.78, 5) is 14.6. The summed E-state index contributed by atoms with van der Waals surface area (Å²) in [6.45, 7) is 0.628. The van der Waals surface area contributed by atoms with Crippen molar-refractivity contribution in [3.05, 3.63) is 23.6 Å². The maximum Gasteiger partial charge on any atom is 0.338 e. The minimum absolute atomic E-state index is 0.0336. The number of nitrogens with one attached hydrogen (secondary N) is 1. The minimum atomic E-state index is -1.27. The van der Waals surface area contributed by atoms with Crippen molar-refractivity contribution in [1.82, 2.24) is 4.98 Å². The Morgan fingerprint density at radius 3 is 2.89 bits per heavy atom. The second kappa shape index (κ2) is 6.50. The fraction of sp³-hybridized carbons (Fsp3) is 0.571. The number of rotatable bonds is 6. The molecule has 2 rings (SSSR count). The molecular formula is C14H19FN2O2. The van der Waals surface area contributed by atoms with Crippen LogP contribution in [0, 0.1) is 11.7 Å². The number of hydrogen-bond acceptors (Lipinski definition) is 3. The van der Waals surface area contributed by atoms with Crippen molar-refractivity contribution in [2.45, 2.75) is 38.5 Å². The molecule has 0 saturated heterocycles. The van der Waals surface area contributed by atoms with Gasteiger partial charge in [0.1, 0.15) is 5.56 Å². The van der Waals surface area contributed by atoms with E-state index < -0.39 is 11.8 Å². The van der Waals surface area contributed by atoms with E-state index in [2.05, 4.69) is 10.3 Å². The highest BCUT2D eigenvalue weighted by atomic mass is 19.1. The Bertz CT molecular complexity index is 445. The monoisotopic (exact) mass is 266 g/mol. The van der Waals surface area contributed by atoms with Crippen molar-refractivity contribution in [3.63, 3.8) is 0 Å². The van der Waals surface area contributed by atoms with Crippen LogP contribution >= 0.6 is 0 Å². The lowest BCUT2D eigenvalue weighted by molar-refractivity contribution is 0.0692. The smallest absolute Gasteiger partial charge is 0.338 e. The van der Waals surface area contributed by atoms with Gasteiger partial charge in [-0.1, -0.05) is 25.7 Å². The first kappa shape index (κ1) is 13.8. The molecule has 0 aliphatic heterocycles. The van der Waals surface area contributed by atoms with E-state index in [4.69, 9.17) is 5.11 Å². The maximum atomic E-state index is 13.7. The number of pyridine rings is 1. The van der Waals surface area contributed by atoms with Gasteiger partial charge in [-0.25, -0.2) is 14.2 Å². The number of aromatic nitrogens is 1. The van der Waals surface area contributed by atoms with Gasteiger partial charge in [0.2, 0.25) is 0 Å². The lowest BCUT2D eigenvalue weighted by Gasteiger charge is -2.10. The Morgan fingerprint density at radius 2 is 2.21 bits per heavy atom. The average Bonchev–Trinajstić information content (AvgIpc) is 2.89. The van der Waals surface area contributed by atoms with E-state index in [1.54, 1.807) is 0 Å².